The summed E-state index contributed by atoms with van der Waals surface area (Å²) in [5.74, 6) is 1.10. The molecule has 0 aliphatic heterocycles. The van der Waals surface area contributed by atoms with E-state index in [1.54, 1.807) is 6.07 Å². The van der Waals surface area contributed by atoms with Crippen LogP contribution in [-0.2, 0) is 4.79 Å². The van der Waals surface area contributed by atoms with E-state index in [0.29, 0.717) is 18.2 Å². The standard InChI is InChI=1S/C9H12N4O/c10-7-3-8(13-6-12-7)11-4-9(5-14)1-2-9/h3,5-6H,1-2,4H2,(H3,10,11,12,13). The van der Waals surface area contributed by atoms with E-state index in [-0.39, 0.29) is 5.41 Å². The lowest BCUT2D eigenvalue weighted by Crippen LogP contribution is -2.17. The molecule has 1 aromatic heterocycles. The van der Waals surface area contributed by atoms with Crippen molar-refractivity contribution in [2.45, 2.75) is 12.8 Å². The van der Waals surface area contributed by atoms with E-state index in [9.17, 15) is 4.79 Å². The van der Waals surface area contributed by atoms with Gasteiger partial charge in [0, 0.05) is 18.0 Å². The average Bonchev–Trinajstić information content (AvgIpc) is 2.96. The van der Waals surface area contributed by atoms with Crippen molar-refractivity contribution in [1.29, 1.82) is 0 Å². The minimum absolute atomic E-state index is 0.153. The number of nitrogens with two attached hydrogens (primary N) is 1. The maximum Gasteiger partial charge on any atom is 0.131 e. The van der Waals surface area contributed by atoms with Gasteiger partial charge in [0.2, 0.25) is 0 Å². The number of aldehydes is 1. The van der Waals surface area contributed by atoms with E-state index in [4.69, 9.17) is 5.73 Å². The predicted octanol–water partition coefficient (Wildman–Crippen LogP) is 0.450. The number of rotatable bonds is 4. The van der Waals surface area contributed by atoms with Crippen molar-refractivity contribution in [3.8, 4) is 0 Å². The third-order valence-corrected chi connectivity index (χ3v) is 2.45. The molecule has 0 atom stereocenters. The SMILES string of the molecule is Nc1cc(NCC2(C=O)CC2)ncn1. The highest BCUT2D eigenvalue weighted by Gasteiger charge is 2.42. The predicted molar refractivity (Wildman–Crippen MR) is 52.7 cm³/mol. The maximum absolute atomic E-state index is 10.7. The molecule has 5 nitrogen and oxygen atoms in total. The summed E-state index contributed by atoms with van der Waals surface area (Å²) >= 11 is 0. The van der Waals surface area contributed by atoms with Gasteiger partial charge in [-0.2, -0.15) is 0 Å². The molecule has 0 radical (unpaired) electrons. The Kier molecular flexibility index (Phi) is 2.07. The van der Waals surface area contributed by atoms with Crippen molar-refractivity contribution in [2.24, 2.45) is 5.41 Å². The molecule has 0 aromatic carbocycles. The second kappa shape index (κ2) is 3.25. The van der Waals surface area contributed by atoms with Crippen molar-refractivity contribution in [3.05, 3.63) is 12.4 Å². The Bertz CT molecular complexity index is 348. The fourth-order valence-corrected chi connectivity index (χ4v) is 1.23. The van der Waals surface area contributed by atoms with E-state index < -0.39 is 0 Å². The van der Waals surface area contributed by atoms with E-state index >= 15 is 0 Å². The Balaban J connectivity index is 1.95. The summed E-state index contributed by atoms with van der Waals surface area (Å²) in [6.45, 7) is 0.632. The third kappa shape index (κ3) is 1.81. The number of nitrogens with one attached hydrogen (secondary N) is 1. The van der Waals surface area contributed by atoms with E-state index in [2.05, 4.69) is 15.3 Å². The Morgan fingerprint density at radius 3 is 2.93 bits per heavy atom. The smallest absolute Gasteiger partial charge is 0.131 e. The number of hydrogen-bond donors (Lipinski definition) is 2. The van der Waals surface area contributed by atoms with Gasteiger partial charge < -0.3 is 15.8 Å². The highest BCUT2D eigenvalue weighted by molar-refractivity contribution is 5.65. The highest BCUT2D eigenvalue weighted by Crippen LogP contribution is 2.43. The van der Waals surface area contributed by atoms with Crippen LogP contribution >= 0.6 is 0 Å². The molecule has 0 spiro atoms. The van der Waals surface area contributed by atoms with Gasteiger partial charge in [-0.3, -0.25) is 0 Å². The average molecular weight is 192 g/mol. The number of carbonyl (C=O) groups excluding carboxylic acids is 1. The fourth-order valence-electron chi connectivity index (χ4n) is 1.23. The number of nitrogen functional groups attached to an aromatic ring is 1. The Hall–Kier alpha value is -1.65. The van der Waals surface area contributed by atoms with Crippen LogP contribution in [0.25, 0.3) is 0 Å². The number of nitrogens with zero attached hydrogens (tertiary/aromatic N) is 2. The summed E-state index contributed by atoms with van der Waals surface area (Å²) in [5.41, 5.74) is 5.33. The number of anilines is 2. The largest absolute Gasteiger partial charge is 0.384 e. The summed E-state index contributed by atoms with van der Waals surface area (Å²) < 4.78 is 0. The van der Waals surface area contributed by atoms with Crippen LogP contribution in [-0.4, -0.2) is 22.8 Å². The minimum Gasteiger partial charge on any atom is -0.384 e. The first-order valence-corrected chi connectivity index (χ1v) is 4.52. The quantitative estimate of drug-likeness (QED) is 0.677. The van der Waals surface area contributed by atoms with Crippen LogP contribution in [0.3, 0.4) is 0 Å². The second-order valence-corrected chi connectivity index (χ2v) is 3.66. The summed E-state index contributed by atoms with van der Waals surface area (Å²) in [6.07, 6.45) is 4.34. The first kappa shape index (κ1) is 8.93. The number of aromatic nitrogens is 2. The third-order valence-electron chi connectivity index (χ3n) is 2.45. The normalized spacial score (nSPS) is 17.4. The Morgan fingerprint density at radius 1 is 1.57 bits per heavy atom. The first-order chi connectivity index (χ1) is 6.74. The highest BCUT2D eigenvalue weighted by atomic mass is 16.1. The molecule has 1 fully saturated rings. The Morgan fingerprint density at radius 2 is 2.36 bits per heavy atom. The minimum atomic E-state index is -0.153. The van der Waals surface area contributed by atoms with Crippen molar-refractivity contribution in [1.82, 2.24) is 9.97 Å². The fraction of sp³-hybridized carbons (Fsp3) is 0.444. The topological polar surface area (TPSA) is 80.9 Å². The van der Waals surface area contributed by atoms with Gasteiger partial charge in [-0.15, -0.1) is 0 Å². The molecular formula is C9H12N4O. The van der Waals surface area contributed by atoms with Crippen LogP contribution in [0.4, 0.5) is 11.6 Å². The van der Waals surface area contributed by atoms with Crippen LogP contribution in [0.5, 0.6) is 0 Å². The van der Waals surface area contributed by atoms with E-state index in [1.807, 2.05) is 0 Å². The van der Waals surface area contributed by atoms with Gasteiger partial charge >= 0.3 is 0 Å². The van der Waals surface area contributed by atoms with E-state index in [1.165, 1.54) is 6.33 Å². The van der Waals surface area contributed by atoms with Crippen LogP contribution in [0.15, 0.2) is 12.4 Å². The molecule has 0 bridgehead atoms. The lowest BCUT2D eigenvalue weighted by molar-refractivity contribution is -0.111. The van der Waals surface area contributed by atoms with Crippen molar-refractivity contribution in [3.63, 3.8) is 0 Å². The van der Waals surface area contributed by atoms with Gasteiger partial charge in [0.1, 0.15) is 24.2 Å². The number of hydrogen-bond acceptors (Lipinski definition) is 5. The summed E-state index contributed by atoms with van der Waals surface area (Å²) in [7, 11) is 0. The molecule has 14 heavy (non-hydrogen) atoms. The van der Waals surface area contributed by atoms with Crippen molar-refractivity contribution < 1.29 is 4.79 Å². The summed E-state index contributed by atoms with van der Waals surface area (Å²) in [5, 5.41) is 3.08. The van der Waals surface area contributed by atoms with E-state index in [0.717, 1.165) is 19.1 Å². The van der Waals surface area contributed by atoms with Gasteiger partial charge in [-0.1, -0.05) is 0 Å². The van der Waals surface area contributed by atoms with Gasteiger partial charge in [0.15, 0.2) is 0 Å². The molecule has 0 unspecified atom stereocenters. The lowest BCUT2D eigenvalue weighted by Gasteiger charge is -2.09. The zero-order valence-corrected chi connectivity index (χ0v) is 7.73. The van der Waals surface area contributed by atoms with Crippen molar-refractivity contribution in [2.75, 3.05) is 17.6 Å². The molecule has 2 rings (SSSR count). The summed E-state index contributed by atoms with van der Waals surface area (Å²) in [6, 6.07) is 1.65. The van der Waals surface area contributed by atoms with Crippen molar-refractivity contribution >= 4 is 17.9 Å². The molecule has 5 heteroatoms. The summed E-state index contributed by atoms with van der Waals surface area (Å²) in [4.78, 5) is 18.4. The molecule has 74 valence electrons. The number of carbonyl (C=O) groups is 1. The molecule has 0 saturated heterocycles. The second-order valence-electron chi connectivity index (χ2n) is 3.66. The molecule has 1 aliphatic carbocycles. The molecule has 1 aromatic rings. The lowest BCUT2D eigenvalue weighted by atomic mass is 10.1. The molecule has 3 N–H and O–H groups in total. The van der Waals surface area contributed by atoms with Crippen LogP contribution in [0.1, 0.15) is 12.8 Å². The Labute approximate surface area is 81.7 Å². The van der Waals surface area contributed by atoms with Crippen LogP contribution < -0.4 is 11.1 Å². The van der Waals surface area contributed by atoms with Gasteiger partial charge in [0.05, 0.1) is 0 Å². The maximum atomic E-state index is 10.7. The zero-order valence-electron chi connectivity index (χ0n) is 7.73. The molecule has 1 saturated carbocycles. The van der Waals surface area contributed by atoms with Crippen LogP contribution in [0.2, 0.25) is 0 Å². The molecule has 1 aliphatic rings. The van der Waals surface area contributed by atoms with Gasteiger partial charge in [0.25, 0.3) is 0 Å². The van der Waals surface area contributed by atoms with Gasteiger partial charge in [-0.25, -0.2) is 9.97 Å². The first-order valence-electron chi connectivity index (χ1n) is 4.52. The zero-order chi connectivity index (χ0) is 10.0. The molecule has 1 heterocycles. The monoisotopic (exact) mass is 192 g/mol. The molecular weight excluding hydrogens is 180 g/mol. The van der Waals surface area contributed by atoms with Gasteiger partial charge in [-0.05, 0) is 12.8 Å². The molecule has 0 amide bonds. The van der Waals surface area contributed by atoms with Crippen LogP contribution in [0, 0.1) is 5.41 Å².